The minimum atomic E-state index is -0.137. The van der Waals surface area contributed by atoms with Gasteiger partial charge in [-0.05, 0) is 29.1 Å². The van der Waals surface area contributed by atoms with Crippen molar-refractivity contribution in [1.29, 1.82) is 0 Å². The van der Waals surface area contributed by atoms with E-state index >= 15 is 0 Å². The van der Waals surface area contributed by atoms with Crippen LogP contribution in [0.4, 0.5) is 5.00 Å². The molecule has 0 saturated carbocycles. The first-order valence-corrected chi connectivity index (χ1v) is 7.31. The number of amides is 1. The van der Waals surface area contributed by atoms with E-state index in [0.717, 1.165) is 11.3 Å². The Balaban J connectivity index is 2.03. The predicted octanol–water partition coefficient (Wildman–Crippen LogP) is 1.02. The highest BCUT2D eigenvalue weighted by Gasteiger charge is 2.12. The number of rotatable bonds is 6. The Labute approximate surface area is 131 Å². The molecule has 1 aromatic carbocycles. The quantitative estimate of drug-likeness (QED) is 0.275. The Morgan fingerprint density at radius 1 is 1.32 bits per heavy atom. The van der Waals surface area contributed by atoms with Gasteiger partial charge in [-0.1, -0.05) is 12.1 Å². The maximum atomic E-state index is 12.1. The number of hydrogen-bond donors (Lipinski definition) is 4. The number of nitrogens with two attached hydrogens (primary N) is 2. The molecular weight excluding hydrogens is 302 g/mol. The van der Waals surface area contributed by atoms with Gasteiger partial charge in [-0.15, -0.1) is 16.4 Å². The lowest BCUT2D eigenvalue weighted by atomic mass is 10.1. The summed E-state index contributed by atoms with van der Waals surface area (Å²) in [6, 6.07) is 9.10. The molecule has 0 unspecified atom stereocenters. The van der Waals surface area contributed by atoms with Gasteiger partial charge < -0.3 is 15.8 Å². The smallest absolute Gasteiger partial charge is 0.229 e. The van der Waals surface area contributed by atoms with Crippen LogP contribution in [-0.4, -0.2) is 18.9 Å². The maximum absolute atomic E-state index is 12.1. The van der Waals surface area contributed by atoms with Crippen LogP contribution in [0, 0.1) is 0 Å². The molecule has 0 spiro atoms. The number of amidine groups is 1. The molecule has 0 aliphatic rings. The summed E-state index contributed by atoms with van der Waals surface area (Å²) < 4.78 is 5.08. The molecule has 22 heavy (non-hydrogen) atoms. The van der Waals surface area contributed by atoms with Crippen LogP contribution in [0.2, 0.25) is 0 Å². The number of ether oxygens (including phenoxy) is 1. The van der Waals surface area contributed by atoms with E-state index < -0.39 is 0 Å². The van der Waals surface area contributed by atoms with E-state index in [1.54, 1.807) is 13.2 Å². The van der Waals surface area contributed by atoms with Crippen molar-refractivity contribution in [1.82, 2.24) is 5.53 Å². The second-order valence-electron chi connectivity index (χ2n) is 4.36. The molecule has 7 nitrogen and oxygen atoms in total. The van der Waals surface area contributed by atoms with Crippen molar-refractivity contribution in [2.24, 2.45) is 16.7 Å². The summed E-state index contributed by atoms with van der Waals surface area (Å²) in [5.74, 6) is 5.93. The Kier molecular flexibility index (Phi) is 5.34. The van der Waals surface area contributed by atoms with Crippen molar-refractivity contribution >= 4 is 28.1 Å². The Hall–Kier alpha value is -2.58. The minimum absolute atomic E-state index is 0.137. The van der Waals surface area contributed by atoms with E-state index in [0.29, 0.717) is 10.6 Å². The zero-order valence-corrected chi connectivity index (χ0v) is 12.8. The summed E-state index contributed by atoms with van der Waals surface area (Å²) in [5, 5.41) is 8.98. The van der Waals surface area contributed by atoms with Gasteiger partial charge >= 0.3 is 0 Å². The molecule has 1 aromatic heterocycles. The molecule has 116 valence electrons. The first-order valence-electron chi connectivity index (χ1n) is 6.43. The molecule has 1 amide bonds. The van der Waals surface area contributed by atoms with Crippen molar-refractivity contribution in [3.8, 4) is 5.75 Å². The van der Waals surface area contributed by atoms with Gasteiger partial charge in [0.2, 0.25) is 5.91 Å². The van der Waals surface area contributed by atoms with Gasteiger partial charge in [-0.3, -0.25) is 4.79 Å². The fourth-order valence-corrected chi connectivity index (χ4v) is 2.65. The van der Waals surface area contributed by atoms with Crippen LogP contribution in [0.25, 0.3) is 0 Å². The third-order valence-corrected chi connectivity index (χ3v) is 3.73. The monoisotopic (exact) mass is 319 g/mol. The van der Waals surface area contributed by atoms with Gasteiger partial charge in [0.05, 0.1) is 19.1 Å². The second kappa shape index (κ2) is 7.43. The number of methoxy groups -OCH3 is 1. The number of anilines is 1. The summed E-state index contributed by atoms with van der Waals surface area (Å²) in [7, 11) is 1.60. The molecule has 0 fully saturated rings. The number of carbonyl (C=O) groups is 1. The van der Waals surface area contributed by atoms with Crippen molar-refractivity contribution in [3.05, 3.63) is 46.8 Å². The molecule has 0 aliphatic carbocycles. The highest BCUT2D eigenvalue weighted by atomic mass is 32.1. The lowest BCUT2D eigenvalue weighted by Crippen LogP contribution is -2.24. The highest BCUT2D eigenvalue weighted by molar-refractivity contribution is 7.14. The summed E-state index contributed by atoms with van der Waals surface area (Å²) in [5.41, 5.74) is 9.41. The number of carbonyl (C=O) groups excluding carboxylic acids is 1. The molecule has 2 rings (SSSR count). The van der Waals surface area contributed by atoms with Gasteiger partial charge in [0.25, 0.3) is 0 Å². The van der Waals surface area contributed by atoms with Gasteiger partial charge in [0, 0.05) is 0 Å². The third-order valence-electron chi connectivity index (χ3n) is 2.90. The molecule has 0 radical (unpaired) electrons. The first kappa shape index (κ1) is 15.8. The molecule has 0 atom stereocenters. The van der Waals surface area contributed by atoms with Crippen LogP contribution in [0.3, 0.4) is 0 Å². The summed E-state index contributed by atoms with van der Waals surface area (Å²) in [4.78, 5) is 12.1. The number of thiophene rings is 1. The normalized spacial score (nSPS) is 11.1. The molecule has 2 aromatic rings. The Morgan fingerprint density at radius 2 is 2.05 bits per heavy atom. The van der Waals surface area contributed by atoms with Gasteiger partial charge in [-0.25, -0.2) is 11.4 Å². The molecule has 1 heterocycles. The molecule has 8 heteroatoms. The maximum Gasteiger partial charge on any atom is 0.229 e. The van der Waals surface area contributed by atoms with E-state index in [9.17, 15) is 4.79 Å². The van der Waals surface area contributed by atoms with Crippen molar-refractivity contribution < 1.29 is 9.53 Å². The standard InChI is InChI=1S/C14H17N5O2S/c1-21-10-4-2-9(3-5-10)8-12(20)17-14-11(6-7-22-14)13(15)18-19-16/h2-7,19H,8,16H2,1H3,(H2,15,18)(H,17,20). The van der Waals surface area contributed by atoms with Crippen molar-refractivity contribution in [2.45, 2.75) is 6.42 Å². The van der Waals surface area contributed by atoms with Crippen LogP contribution < -0.4 is 27.2 Å². The Morgan fingerprint density at radius 3 is 2.68 bits per heavy atom. The number of nitrogens with zero attached hydrogens (tertiary/aromatic N) is 1. The van der Waals surface area contributed by atoms with E-state index in [1.165, 1.54) is 11.3 Å². The lowest BCUT2D eigenvalue weighted by molar-refractivity contribution is -0.115. The number of hydrazone groups is 1. The van der Waals surface area contributed by atoms with Gasteiger partial charge in [-0.2, -0.15) is 0 Å². The van der Waals surface area contributed by atoms with Crippen molar-refractivity contribution in [2.75, 3.05) is 12.4 Å². The predicted molar refractivity (Wildman–Crippen MR) is 87.7 cm³/mol. The van der Waals surface area contributed by atoms with Gasteiger partial charge in [0.1, 0.15) is 10.8 Å². The van der Waals surface area contributed by atoms with Crippen molar-refractivity contribution in [3.63, 3.8) is 0 Å². The van der Waals surface area contributed by atoms with E-state index in [1.807, 2.05) is 29.6 Å². The van der Waals surface area contributed by atoms with E-state index in [2.05, 4.69) is 16.0 Å². The fraction of sp³-hybridized carbons (Fsp3) is 0.143. The number of benzene rings is 1. The van der Waals surface area contributed by atoms with E-state index in [-0.39, 0.29) is 18.2 Å². The first-order chi connectivity index (χ1) is 10.6. The fourth-order valence-electron chi connectivity index (χ4n) is 1.84. The topological polar surface area (TPSA) is 115 Å². The molecular formula is C14H17N5O2S. The molecule has 0 aliphatic heterocycles. The molecule has 0 bridgehead atoms. The van der Waals surface area contributed by atoms with Crippen LogP contribution in [0.5, 0.6) is 5.75 Å². The zero-order valence-electron chi connectivity index (χ0n) is 12.0. The number of hydrazine groups is 1. The number of nitrogens with one attached hydrogen (secondary N) is 2. The summed E-state index contributed by atoms with van der Waals surface area (Å²) in [6.45, 7) is 0. The van der Waals surface area contributed by atoms with E-state index in [4.69, 9.17) is 16.3 Å². The second-order valence-corrected chi connectivity index (χ2v) is 5.28. The van der Waals surface area contributed by atoms with Crippen LogP contribution in [0.15, 0.2) is 40.8 Å². The van der Waals surface area contributed by atoms with Crippen LogP contribution >= 0.6 is 11.3 Å². The average Bonchev–Trinajstić information content (AvgIpc) is 2.96. The summed E-state index contributed by atoms with van der Waals surface area (Å²) >= 11 is 1.37. The van der Waals surface area contributed by atoms with Gasteiger partial charge in [0.15, 0.2) is 5.84 Å². The van der Waals surface area contributed by atoms with Crippen LogP contribution in [0.1, 0.15) is 11.1 Å². The lowest BCUT2D eigenvalue weighted by Gasteiger charge is -2.07. The minimum Gasteiger partial charge on any atom is -0.497 e. The SMILES string of the molecule is COc1ccc(CC(=O)Nc2sccc2/C(N)=N/NN)cc1. The zero-order chi connectivity index (χ0) is 15.9. The third kappa shape index (κ3) is 3.96. The largest absolute Gasteiger partial charge is 0.497 e. The molecule has 0 saturated heterocycles. The number of hydrogen-bond acceptors (Lipinski definition) is 6. The van der Waals surface area contributed by atoms with Crippen LogP contribution in [-0.2, 0) is 11.2 Å². The highest BCUT2D eigenvalue weighted by Crippen LogP contribution is 2.23. The Bertz CT molecular complexity index is 666. The average molecular weight is 319 g/mol. The summed E-state index contributed by atoms with van der Waals surface area (Å²) in [6.07, 6.45) is 0.257. The molecule has 6 N–H and O–H groups in total.